The van der Waals surface area contributed by atoms with E-state index in [9.17, 15) is 9.90 Å². The van der Waals surface area contributed by atoms with Crippen LogP contribution in [0.5, 0.6) is 0 Å². The fourth-order valence-electron chi connectivity index (χ4n) is 4.96. The Morgan fingerprint density at radius 3 is 2.79 bits per heavy atom. The molecule has 5 rings (SSSR count). The van der Waals surface area contributed by atoms with Crippen molar-refractivity contribution in [3.05, 3.63) is 78.3 Å². The normalized spacial score (nSPS) is 22.6. The quantitative estimate of drug-likeness (QED) is 0.718. The van der Waals surface area contributed by atoms with Gasteiger partial charge in [-0.1, -0.05) is 24.3 Å². The monoisotopic (exact) mass is 392 g/mol. The van der Waals surface area contributed by atoms with Gasteiger partial charge >= 0.3 is 6.03 Å². The van der Waals surface area contributed by atoms with Crippen LogP contribution in [0, 0.1) is 0 Å². The number of nitrogens with zero attached hydrogens (tertiary/aromatic N) is 3. The molecule has 2 amide bonds. The van der Waals surface area contributed by atoms with Crippen LogP contribution in [0.15, 0.2) is 65.8 Å². The topological polar surface area (TPSA) is 83.5 Å². The van der Waals surface area contributed by atoms with E-state index >= 15 is 0 Å². The molecule has 150 valence electrons. The van der Waals surface area contributed by atoms with E-state index in [1.807, 2.05) is 39.9 Å². The van der Waals surface area contributed by atoms with E-state index in [-0.39, 0.29) is 17.5 Å². The van der Waals surface area contributed by atoms with Crippen LogP contribution in [0.2, 0.25) is 0 Å². The summed E-state index contributed by atoms with van der Waals surface area (Å²) in [5, 5.41) is 14.3. The maximum atomic E-state index is 12.6. The molecule has 1 saturated heterocycles. The summed E-state index contributed by atoms with van der Waals surface area (Å²) in [7, 11) is 0. The van der Waals surface area contributed by atoms with E-state index in [4.69, 9.17) is 4.42 Å². The van der Waals surface area contributed by atoms with Gasteiger partial charge in [-0.15, -0.1) is 0 Å². The third kappa shape index (κ3) is 2.93. The Morgan fingerprint density at radius 2 is 2.07 bits per heavy atom. The summed E-state index contributed by atoms with van der Waals surface area (Å²) in [5.41, 5.74) is 2.00. The lowest BCUT2D eigenvalue weighted by Gasteiger charge is -2.42. The Hall–Kier alpha value is -3.06. The van der Waals surface area contributed by atoms with Gasteiger partial charge in [-0.05, 0) is 36.1 Å². The second kappa shape index (κ2) is 7.08. The maximum Gasteiger partial charge on any atom is 0.317 e. The van der Waals surface area contributed by atoms with Crippen LogP contribution in [0.4, 0.5) is 4.79 Å². The zero-order valence-electron chi connectivity index (χ0n) is 16.1. The third-order valence-corrected chi connectivity index (χ3v) is 6.46. The van der Waals surface area contributed by atoms with Crippen molar-refractivity contribution in [3.63, 3.8) is 0 Å². The second-order valence-electron chi connectivity index (χ2n) is 7.87. The van der Waals surface area contributed by atoms with E-state index in [2.05, 4.69) is 22.4 Å². The van der Waals surface area contributed by atoms with E-state index in [1.54, 1.807) is 18.8 Å². The molecular weight excluding hydrogens is 368 g/mol. The average Bonchev–Trinajstić information content (AvgIpc) is 3.50. The highest BCUT2D eigenvalue weighted by molar-refractivity contribution is 5.74. The molecule has 7 heteroatoms. The Bertz CT molecular complexity index is 975. The summed E-state index contributed by atoms with van der Waals surface area (Å²) in [6.07, 6.45) is 7.91. The molecule has 0 radical (unpaired) electrons. The fraction of sp³-hybridized carbons (Fsp3) is 0.364. The highest BCUT2D eigenvalue weighted by Gasteiger charge is 2.53. The van der Waals surface area contributed by atoms with Crippen LogP contribution in [-0.4, -0.2) is 44.8 Å². The van der Waals surface area contributed by atoms with Gasteiger partial charge in [-0.2, -0.15) is 0 Å². The first kappa shape index (κ1) is 18.0. The van der Waals surface area contributed by atoms with Gasteiger partial charge in [0.2, 0.25) is 0 Å². The van der Waals surface area contributed by atoms with Crippen molar-refractivity contribution in [1.82, 2.24) is 19.8 Å². The molecule has 2 N–H and O–H groups in total. The number of amides is 2. The first-order valence-electron chi connectivity index (χ1n) is 9.99. The minimum Gasteiger partial charge on any atom is -0.467 e. The molecule has 0 unspecified atom stereocenters. The van der Waals surface area contributed by atoms with Gasteiger partial charge in [-0.25, -0.2) is 9.78 Å². The number of imidazole rings is 1. The number of aliphatic hydroxyl groups is 1. The molecule has 1 aliphatic heterocycles. The number of hydrogen-bond acceptors (Lipinski definition) is 4. The fourth-order valence-corrected chi connectivity index (χ4v) is 4.96. The second-order valence-corrected chi connectivity index (χ2v) is 7.87. The lowest BCUT2D eigenvalue weighted by atomic mass is 9.72. The molecular formula is C22H24N4O3. The molecule has 0 saturated carbocycles. The molecule has 1 spiro atoms. The maximum absolute atomic E-state index is 12.6. The average molecular weight is 392 g/mol. The van der Waals surface area contributed by atoms with Gasteiger partial charge in [0, 0.05) is 30.9 Å². The standard InChI is InChI=1S/C22H24N4O3/c27-20-19(26-12-9-23-15-26)17-5-1-2-6-18(17)22(20)7-10-25(11-8-22)21(28)24-14-16-4-3-13-29-16/h1-6,9,12-13,15,19-20,27H,7-8,10-11,14H2,(H,24,28)/t19-,20+/m0/s1. The molecule has 3 aromatic rings. The van der Waals surface area contributed by atoms with Crippen LogP contribution in [0.1, 0.15) is 35.8 Å². The molecule has 1 aromatic carbocycles. The van der Waals surface area contributed by atoms with Gasteiger partial charge < -0.3 is 24.3 Å². The van der Waals surface area contributed by atoms with Crippen molar-refractivity contribution in [2.45, 2.75) is 36.9 Å². The Morgan fingerprint density at radius 1 is 1.24 bits per heavy atom. The van der Waals surface area contributed by atoms with Crippen LogP contribution in [-0.2, 0) is 12.0 Å². The highest BCUT2D eigenvalue weighted by atomic mass is 16.3. The number of aliphatic hydroxyl groups excluding tert-OH is 1. The zero-order valence-corrected chi connectivity index (χ0v) is 16.1. The van der Waals surface area contributed by atoms with Gasteiger partial charge in [-0.3, -0.25) is 0 Å². The Balaban J connectivity index is 1.34. The summed E-state index contributed by atoms with van der Waals surface area (Å²) in [6.45, 7) is 1.58. The number of benzene rings is 1. The predicted octanol–water partition coefficient (Wildman–Crippen LogP) is 2.68. The molecule has 3 heterocycles. The summed E-state index contributed by atoms with van der Waals surface area (Å²) >= 11 is 0. The summed E-state index contributed by atoms with van der Waals surface area (Å²) in [6, 6.07) is 11.7. The van der Waals surface area contributed by atoms with E-state index in [0.717, 1.165) is 24.2 Å². The molecule has 2 atom stereocenters. The lowest BCUT2D eigenvalue weighted by Crippen LogP contribution is -2.52. The zero-order chi connectivity index (χ0) is 19.8. The Kier molecular flexibility index (Phi) is 4.39. The summed E-state index contributed by atoms with van der Waals surface area (Å²) < 4.78 is 7.26. The lowest BCUT2D eigenvalue weighted by molar-refractivity contribution is 0.0288. The molecule has 2 aromatic heterocycles. The van der Waals surface area contributed by atoms with Crippen molar-refractivity contribution in [2.75, 3.05) is 13.1 Å². The van der Waals surface area contributed by atoms with E-state index in [1.165, 1.54) is 5.56 Å². The molecule has 2 aliphatic rings. The predicted molar refractivity (Wildman–Crippen MR) is 106 cm³/mol. The third-order valence-electron chi connectivity index (χ3n) is 6.46. The highest BCUT2D eigenvalue weighted by Crippen LogP contribution is 2.52. The molecule has 1 fully saturated rings. The first-order chi connectivity index (χ1) is 14.2. The van der Waals surface area contributed by atoms with Gasteiger partial charge in [0.15, 0.2) is 0 Å². The number of nitrogens with one attached hydrogen (secondary N) is 1. The molecule has 7 nitrogen and oxygen atoms in total. The number of rotatable bonds is 3. The van der Waals surface area contributed by atoms with Gasteiger partial charge in [0.1, 0.15) is 5.76 Å². The number of fused-ring (bicyclic) bond motifs is 2. The van der Waals surface area contributed by atoms with Crippen LogP contribution >= 0.6 is 0 Å². The smallest absolute Gasteiger partial charge is 0.317 e. The van der Waals surface area contributed by atoms with Crippen molar-refractivity contribution >= 4 is 6.03 Å². The number of aromatic nitrogens is 2. The van der Waals surface area contributed by atoms with Crippen molar-refractivity contribution in [2.24, 2.45) is 0 Å². The summed E-state index contributed by atoms with van der Waals surface area (Å²) in [4.78, 5) is 18.6. The largest absolute Gasteiger partial charge is 0.467 e. The van der Waals surface area contributed by atoms with E-state index < -0.39 is 6.10 Å². The number of piperidine rings is 1. The summed E-state index contributed by atoms with van der Waals surface area (Å²) in [5.74, 6) is 0.732. The van der Waals surface area contributed by atoms with E-state index in [0.29, 0.717) is 19.6 Å². The number of hydrogen-bond donors (Lipinski definition) is 2. The molecule has 0 bridgehead atoms. The SMILES string of the molecule is O=C(NCc1ccco1)N1CCC2(CC1)c1ccccc1[C@H](n1ccnc1)[C@H]2O. The molecule has 1 aliphatic carbocycles. The van der Waals surface area contributed by atoms with Crippen molar-refractivity contribution in [1.29, 1.82) is 0 Å². The number of carbonyl (C=O) groups is 1. The van der Waals surface area contributed by atoms with Gasteiger partial charge in [0.05, 0.1) is 31.3 Å². The first-order valence-corrected chi connectivity index (χ1v) is 9.99. The van der Waals surface area contributed by atoms with Crippen LogP contribution in [0.25, 0.3) is 0 Å². The van der Waals surface area contributed by atoms with Crippen LogP contribution < -0.4 is 5.32 Å². The minimum absolute atomic E-state index is 0.0943. The Labute approximate surface area is 169 Å². The minimum atomic E-state index is -0.553. The molecule has 29 heavy (non-hydrogen) atoms. The van der Waals surface area contributed by atoms with Crippen molar-refractivity contribution in [3.8, 4) is 0 Å². The number of urea groups is 1. The van der Waals surface area contributed by atoms with Gasteiger partial charge in [0.25, 0.3) is 0 Å². The van der Waals surface area contributed by atoms with Crippen molar-refractivity contribution < 1.29 is 14.3 Å². The number of carbonyl (C=O) groups excluding carboxylic acids is 1. The number of likely N-dealkylation sites (tertiary alicyclic amines) is 1. The number of furan rings is 1. The van der Waals surface area contributed by atoms with Crippen LogP contribution in [0.3, 0.4) is 0 Å².